The smallest absolute Gasteiger partial charge is 0.234 e. The van der Waals surface area contributed by atoms with Crippen molar-refractivity contribution in [3.63, 3.8) is 0 Å². The van der Waals surface area contributed by atoms with E-state index in [1.165, 1.54) is 0 Å². The Morgan fingerprint density at radius 3 is 2.30 bits per heavy atom. The number of benzene rings is 2. The van der Waals surface area contributed by atoms with Gasteiger partial charge in [-0.3, -0.25) is 4.79 Å². The van der Waals surface area contributed by atoms with E-state index < -0.39 is 0 Å². The molecule has 0 saturated carbocycles. The molecule has 30 heavy (non-hydrogen) atoms. The van der Waals surface area contributed by atoms with E-state index in [0.717, 1.165) is 67.3 Å². The van der Waals surface area contributed by atoms with Crippen molar-refractivity contribution in [1.82, 2.24) is 14.5 Å². The van der Waals surface area contributed by atoms with Crippen LogP contribution in [0.1, 0.15) is 42.6 Å². The van der Waals surface area contributed by atoms with Crippen LogP contribution in [0.2, 0.25) is 0 Å². The molecule has 154 valence electrons. The maximum atomic E-state index is 13.7. The summed E-state index contributed by atoms with van der Waals surface area (Å²) in [6, 6.07) is 15.8. The fraction of sp³-hybridized carbons (Fsp3) is 0.360. The van der Waals surface area contributed by atoms with E-state index in [0.29, 0.717) is 5.92 Å². The number of fused-ring (bicyclic) bond motifs is 2. The van der Waals surface area contributed by atoms with Gasteiger partial charge in [-0.15, -0.1) is 0 Å². The standard InChI is InChI=1S/C25H27N3O2/c1-2-23-26-13-16-28(23)17-18-11-14-27(15-12-18)25(29)24-19-7-3-5-9-21(19)30-22-10-6-4-8-20(22)24/h3-10,13,16,18,24H,2,11-12,14-15,17H2,1H3. The van der Waals surface area contributed by atoms with Gasteiger partial charge in [-0.1, -0.05) is 43.3 Å². The number of aromatic nitrogens is 2. The van der Waals surface area contributed by atoms with Crippen molar-refractivity contribution in [1.29, 1.82) is 0 Å². The lowest BCUT2D eigenvalue weighted by atomic mass is 9.86. The Morgan fingerprint density at radius 2 is 1.67 bits per heavy atom. The quantitative estimate of drug-likeness (QED) is 0.641. The number of rotatable bonds is 4. The molecular weight excluding hydrogens is 374 g/mol. The highest BCUT2D eigenvalue weighted by atomic mass is 16.5. The summed E-state index contributed by atoms with van der Waals surface area (Å²) in [5, 5.41) is 0. The van der Waals surface area contributed by atoms with Crippen molar-refractivity contribution in [3.05, 3.63) is 77.9 Å². The van der Waals surface area contributed by atoms with E-state index in [-0.39, 0.29) is 11.8 Å². The second kappa shape index (κ2) is 7.98. The maximum Gasteiger partial charge on any atom is 0.234 e. The highest BCUT2D eigenvalue weighted by molar-refractivity contribution is 5.89. The number of aryl methyl sites for hydroxylation is 1. The van der Waals surface area contributed by atoms with Gasteiger partial charge in [0.1, 0.15) is 17.3 Å². The zero-order valence-electron chi connectivity index (χ0n) is 17.3. The van der Waals surface area contributed by atoms with Crippen molar-refractivity contribution in [2.24, 2.45) is 5.92 Å². The molecule has 0 radical (unpaired) electrons. The number of ether oxygens (including phenoxy) is 1. The summed E-state index contributed by atoms with van der Waals surface area (Å²) in [6.45, 7) is 4.75. The summed E-state index contributed by atoms with van der Waals surface area (Å²) >= 11 is 0. The Labute approximate surface area is 177 Å². The Balaban J connectivity index is 1.33. The third-order valence-corrected chi connectivity index (χ3v) is 6.43. The van der Waals surface area contributed by atoms with E-state index in [9.17, 15) is 4.79 Å². The number of nitrogens with zero attached hydrogens (tertiary/aromatic N) is 3. The minimum Gasteiger partial charge on any atom is -0.457 e. The van der Waals surface area contributed by atoms with Gasteiger partial charge in [0.25, 0.3) is 0 Å². The lowest BCUT2D eigenvalue weighted by Gasteiger charge is -2.36. The second-order valence-electron chi connectivity index (χ2n) is 8.23. The second-order valence-corrected chi connectivity index (χ2v) is 8.23. The molecule has 3 aromatic rings. The molecule has 2 aliphatic rings. The molecule has 5 rings (SSSR count). The molecule has 0 N–H and O–H groups in total. The van der Waals surface area contributed by atoms with Crippen LogP contribution in [-0.4, -0.2) is 33.4 Å². The molecule has 0 aliphatic carbocycles. The zero-order valence-corrected chi connectivity index (χ0v) is 17.3. The number of piperidine rings is 1. The van der Waals surface area contributed by atoms with E-state index in [4.69, 9.17) is 4.74 Å². The molecule has 0 atom stereocenters. The predicted octanol–water partition coefficient (Wildman–Crippen LogP) is 4.62. The third-order valence-electron chi connectivity index (χ3n) is 6.43. The molecule has 0 bridgehead atoms. The first-order chi connectivity index (χ1) is 14.7. The minimum atomic E-state index is -0.289. The first-order valence-electron chi connectivity index (χ1n) is 10.9. The van der Waals surface area contributed by atoms with Crippen molar-refractivity contribution in [2.75, 3.05) is 13.1 Å². The minimum absolute atomic E-state index is 0.188. The first-order valence-corrected chi connectivity index (χ1v) is 10.9. The summed E-state index contributed by atoms with van der Waals surface area (Å²) in [5.41, 5.74) is 1.93. The van der Waals surface area contributed by atoms with Gasteiger partial charge in [0, 0.05) is 49.6 Å². The maximum absolute atomic E-state index is 13.7. The van der Waals surface area contributed by atoms with Crippen LogP contribution in [0.25, 0.3) is 0 Å². The molecular formula is C25H27N3O2. The number of carbonyl (C=O) groups excluding carboxylic acids is 1. The van der Waals surface area contributed by atoms with Gasteiger partial charge in [0.05, 0.1) is 5.92 Å². The van der Waals surface area contributed by atoms with Crippen LogP contribution in [-0.2, 0) is 17.8 Å². The van der Waals surface area contributed by atoms with Crippen molar-refractivity contribution >= 4 is 5.91 Å². The molecule has 1 aromatic heterocycles. The predicted molar refractivity (Wildman–Crippen MR) is 116 cm³/mol. The molecule has 3 heterocycles. The Hall–Kier alpha value is -3.08. The highest BCUT2D eigenvalue weighted by Gasteiger charge is 2.36. The average Bonchev–Trinajstić information content (AvgIpc) is 3.24. The summed E-state index contributed by atoms with van der Waals surface area (Å²) in [4.78, 5) is 20.1. The molecule has 1 amide bonds. The molecule has 2 aliphatic heterocycles. The van der Waals surface area contributed by atoms with Crippen LogP contribution in [0.5, 0.6) is 11.5 Å². The van der Waals surface area contributed by atoms with Gasteiger partial charge in [-0.05, 0) is 30.9 Å². The molecule has 1 saturated heterocycles. The number of para-hydroxylation sites is 2. The normalized spacial score (nSPS) is 16.6. The van der Waals surface area contributed by atoms with Crippen molar-refractivity contribution < 1.29 is 9.53 Å². The number of imidazole rings is 1. The van der Waals surface area contributed by atoms with Gasteiger partial charge in [-0.25, -0.2) is 4.98 Å². The molecule has 5 nitrogen and oxygen atoms in total. The number of carbonyl (C=O) groups is 1. The number of likely N-dealkylation sites (tertiary alicyclic amines) is 1. The Bertz CT molecular complexity index is 1000. The largest absolute Gasteiger partial charge is 0.457 e. The molecule has 0 unspecified atom stereocenters. The zero-order chi connectivity index (χ0) is 20.5. The molecule has 2 aromatic carbocycles. The van der Waals surface area contributed by atoms with E-state index in [2.05, 4.69) is 27.6 Å². The Kier molecular flexibility index (Phi) is 5.03. The van der Waals surface area contributed by atoms with Gasteiger partial charge < -0.3 is 14.2 Å². The fourth-order valence-corrected chi connectivity index (χ4v) is 4.79. The molecule has 5 heteroatoms. The summed E-state index contributed by atoms with van der Waals surface area (Å²) < 4.78 is 8.33. The lowest BCUT2D eigenvalue weighted by Crippen LogP contribution is -2.42. The van der Waals surface area contributed by atoms with Crippen LogP contribution < -0.4 is 4.74 Å². The number of amides is 1. The highest BCUT2D eigenvalue weighted by Crippen LogP contribution is 2.44. The van der Waals surface area contributed by atoms with E-state index >= 15 is 0 Å². The number of hydrogen-bond donors (Lipinski definition) is 0. The van der Waals surface area contributed by atoms with Crippen molar-refractivity contribution in [2.45, 2.75) is 38.6 Å². The Morgan fingerprint density at radius 1 is 1.03 bits per heavy atom. The number of hydrogen-bond acceptors (Lipinski definition) is 3. The van der Waals surface area contributed by atoms with Crippen LogP contribution in [0.15, 0.2) is 60.9 Å². The van der Waals surface area contributed by atoms with Gasteiger partial charge in [-0.2, -0.15) is 0 Å². The van der Waals surface area contributed by atoms with Crippen LogP contribution in [0, 0.1) is 5.92 Å². The monoisotopic (exact) mass is 401 g/mol. The van der Waals surface area contributed by atoms with Gasteiger partial charge >= 0.3 is 0 Å². The van der Waals surface area contributed by atoms with E-state index in [1.54, 1.807) is 0 Å². The van der Waals surface area contributed by atoms with E-state index in [1.807, 2.05) is 54.7 Å². The van der Waals surface area contributed by atoms with Crippen molar-refractivity contribution in [3.8, 4) is 11.5 Å². The molecule has 1 fully saturated rings. The van der Waals surface area contributed by atoms with Gasteiger partial charge in [0.2, 0.25) is 5.91 Å². The fourth-order valence-electron chi connectivity index (χ4n) is 4.79. The van der Waals surface area contributed by atoms with Crippen LogP contribution in [0.4, 0.5) is 0 Å². The SMILES string of the molecule is CCc1nccn1CC1CCN(C(=O)C2c3ccccc3Oc3ccccc32)CC1. The summed E-state index contributed by atoms with van der Waals surface area (Å²) in [5.74, 6) is 3.21. The summed E-state index contributed by atoms with van der Waals surface area (Å²) in [7, 11) is 0. The summed E-state index contributed by atoms with van der Waals surface area (Å²) in [6.07, 6.45) is 6.97. The van der Waals surface area contributed by atoms with Crippen LogP contribution in [0.3, 0.4) is 0 Å². The first kappa shape index (κ1) is 18.9. The average molecular weight is 402 g/mol. The van der Waals surface area contributed by atoms with Crippen LogP contribution >= 0.6 is 0 Å². The van der Waals surface area contributed by atoms with Gasteiger partial charge in [0.15, 0.2) is 0 Å². The molecule has 0 spiro atoms. The lowest BCUT2D eigenvalue weighted by molar-refractivity contribution is -0.133. The topological polar surface area (TPSA) is 47.4 Å². The third kappa shape index (κ3) is 3.38.